The number of hydrogen-bond donors (Lipinski definition) is 1. The van der Waals surface area contributed by atoms with E-state index in [9.17, 15) is 9.59 Å². The molecule has 108 valence electrons. The van der Waals surface area contributed by atoms with E-state index in [1.54, 1.807) is 13.1 Å². The lowest BCUT2D eigenvalue weighted by Gasteiger charge is -2.13. The van der Waals surface area contributed by atoms with E-state index < -0.39 is 5.97 Å². The lowest BCUT2D eigenvalue weighted by molar-refractivity contribution is -0.137. The molecule has 0 spiro atoms. The lowest BCUT2D eigenvalue weighted by atomic mass is 9.95. The normalized spacial score (nSPS) is 18.9. The fourth-order valence-corrected chi connectivity index (χ4v) is 2.17. The van der Waals surface area contributed by atoms with Crippen molar-refractivity contribution in [3.8, 4) is 0 Å². The average Bonchev–Trinajstić information content (AvgIpc) is 2.45. The lowest BCUT2D eigenvalue weighted by Crippen LogP contribution is -2.10. The van der Waals surface area contributed by atoms with Gasteiger partial charge in [-0.15, -0.1) is 0 Å². The van der Waals surface area contributed by atoms with Crippen LogP contribution in [-0.2, 0) is 9.59 Å². The number of rotatable bonds is 6. The fraction of sp³-hybridized carbons (Fsp3) is 0.400. The van der Waals surface area contributed by atoms with Crippen molar-refractivity contribution in [1.29, 1.82) is 0 Å². The van der Waals surface area contributed by atoms with E-state index in [1.165, 1.54) is 0 Å². The molecule has 0 aromatic rings. The number of aliphatic imine (C=N–C) groups is 1. The SMILES string of the molecule is CC/C(Br)=C1/C=C(C(=O)CCCC(=O)O)C=CC1=NC. The van der Waals surface area contributed by atoms with Crippen molar-refractivity contribution in [2.24, 2.45) is 4.99 Å². The molecule has 0 unspecified atom stereocenters. The summed E-state index contributed by atoms with van der Waals surface area (Å²) in [6, 6.07) is 0. The van der Waals surface area contributed by atoms with Gasteiger partial charge in [-0.05, 0) is 31.1 Å². The average molecular weight is 340 g/mol. The summed E-state index contributed by atoms with van der Waals surface area (Å²) in [7, 11) is 1.71. The number of aliphatic carboxylic acids is 1. The second kappa shape index (κ2) is 7.94. The number of hydrogen-bond acceptors (Lipinski definition) is 3. The van der Waals surface area contributed by atoms with Gasteiger partial charge in [0.15, 0.2) is 5.78 Å². The number of ketones is 1. The van der Waals surface area contributed by atoms with Gasteiger partial charge in [0.2, 0.25) is 0 Å². The van der Waals surface area contributed by atoms with Crippen molar-refractivity contribution >= 4 is 33.4 Å². The molecule has 0 aliphatic heterocycles. The van der Waals surface area contributed by atoms with Gasteiger partial charge in [0, 0.05) is 35.5 Å². The minimum Gasteiger partial charge on any atom is -0.481 e. The van der Waals surface area contributed by atoms with E-state index >= 15 is 0 Å². The smallest absolute Gasteiger partial charge is 0.303 e. The van der Waals surface area contributed by atoms with Crippen LogP contribution < -0.4 is 0 Å². The Morgan fingerprint density at radius 3 is 2.55 bits per heavy atom. The standard InChI is InChI=1S/C15H18BrNO3/c1-3-12(16)11-9-10(7-8-13(11)17-2)14(18)5-4-6-15(19)20/h7-9H,3-6H2,1-2H3,(H,19,20)/b12-11+,17-13?. The van der Waals surface area contributed by atoms with Crippen LogP contribution in [0, 0.1) is 0 Å². The van der Waals surface area contributed by atoms with E-state index in [0.717, 1.165) is 22.2 Å². The zero-order chi connectivity index (χ0) is 15.1. The maximum absolute atomic E-state index is 12.0. The molecule has 1 aliphatic carbocycles. The van der Waals surface area contributed by atoms with Crippen molar-refractivity contribution in [3.63, 3.8) is 0 Å². The second-order valence-electron chi connectivity index (χ2n) is 4.38. The van der Waals surface area contributed by atoms with Crippen LogP contribution in [0.15, 0.2) is 38.8 Å². The quantitative estimate of drug-likeness (QED) is 0.805. The molecule has 5 heteroatoms. The monoisotopic (exact) mass is 339 g/mol. The van der Waals surface area contributed by atoms with Gasteiger partial charge in [0.1, 0.15) is 0 Å². The van der Waals surface area contributed by atoms with E-state index in [0.29, 0.717) is 12.0 Å². The van der Waals surface area contributed by atoms with Crippen LogP contribution in [0.3, 0.4) is 0 Å². The van der Waals surface area contributed by atoms with Crippen LogP contribution in [0.2, 0.25) is 0 Å². The molecule has 0 aromatic heterocycles. The summed E-state index contributed by atoms with van der Waals surface area (Å²) in [5.41, 5.74) is 2.35. The third kappa shape index (κ3) is 4.56. The Morgan fingerprint density at radius 2 is 2.00 bits per heavy atom. The first-order chi connectivity index (χ1) is 9.49. The van der Waals surface area contributed by atoms with E-state index in [-0.39, 0.29) is 18.6 Å². The Morgan fingerprint density at radius 1 is 1.30 bits per heavy atom. The number of nitrogens with zero attached hydrogens (tertiary/aromatic N) is 1. The zero-order valence-corrected chi connectivity index (χ0v) is 13.2. The van der Waals surface area contributed by atoms with E-state index in [2.05, 4.69) is 20.9 Å². The van der Waals surface area contributed by atoms with Crippen molar-refractivity contribution in [2.75, 3.05) is 7.05 Å². The van der Waals surface area contributed by atoms with Crippen molar-refractivity contribution in [2.45, 2.75) is 32.6 Å². The number of carbonyl (C=O) groups is 2. The highest BCUT2D eigenvalue weighted by atomic mass is 79.9. The van der Waals surface area contributed by atoms with E-state index in [1.807, 2.05) is 19.1 Å². The molecule has 0 amide bonds. The van der Waals surface area contributed by atoms with Crippen molar-refractivity contribution < 1.29 is 14.7 Å². The van der Waals surface area contributed by atoms with Gasteiger partial charge in [-0.2, -0.15) is 0 Å². The van der Waals surface area contributed by atoms with Crippen LogP contribution in [0.5, 0.6) is 0 Å². The summed E-state index contributed by atoms with van der Waals surface area (Å²) in [5.74, 6) is -0.910. The predicted octanol–water partition coefficient (Wildman–Crippen LogP) is 3.44. The number of Topliss-reactive ketones (excluding diaryl/α,β-unsaturated/α-hetero) is 1. The Hall–Kier alpha value is -1.49. The molecular formula is C15H18BrNO3. The fourth-order valence-electron chi connectivity index (χ4n) is 1.86. The molecule has 4 nitrogen and oxygen atoms in total. The van der Waals surface area contributed by atoms with Gasteiger partial charge in [-0.1, -0.05) is 22.9 Å². The molecule has 1 aliphatic rings. The van der Waals surface area contributed by atoms with Crippen LogP contribution in [-0.4, -0.2) is 29.6 Å². The van der Waals surface area contributed by atoms with Gasteiger partial charge in [-0.3, -0.25) is 14.6 Å². The number of carboxylic acid groups (broad SMARTS) is 1. The molecule has 1 rings (SSSR count). The topological polar surface area (TPSA) is 66.7 Å². The molecule has 0 aromatic carbocycles. The molecule has 0 fully saturated rings. The van der Waals surface area contributed by atoms with Crippen molar-refractivity contribution in [3.05, 3.63) is 33.9 Å². The third-order valence-electron chi connectivity index (χ3n) is 2.96. The van der Waals surface area contributed by atoms with Crippen LogP contribution >= 0.6 is 15.9 Å². The Kier molecular flexibility index (Phi) is 6.58. The van der Waals surface area contributed by atoms with Crippen LogP contribution in [0.1, 0.15) is 32.6 Å². The first kappa shape index (κ1) is 16.6. The summed E-state index contributed by atoms with van der Waals surface area (Å²) in [6.07, 6.45) is 6.83. The molecular weight excluding hydrogens is 322 g/mol. The van der Waals surface area contributed by atoms with Crippen molar-refractivity contribution in [1.82, 2.24) is 0 Å². The van der Waals surface area contributed by atoms with Gasteiger partial charge in [0.25, 0.3) is 0 Å². The molecule has 1 N–H and O–H groups in total. The maximum Gasteiger partial charge on any atom is 0.303 e. The predicted molar refractivity (Wildman–Crippen MR) is 83.3 cm³/mol. The minimum absolute atomic E-state index is 0.0196. The number of allylic oxidation sites excluding steroid dienone is 6. The molecule has 0 saturated heterocycles. The number of halogens is 1. The van der Waals surface area contributed by atoms with Gasteiger partial charge < -0.3 is 5.11 Å². The summed E-state index contributed by atoms with van der Waals surface area (Å²) < 4.78 is 0.998. The molecule has 0 heterocycles. The summed E-state index contributed by atoms with van der Waals surface area (Å²) in [4.78, 5) is 26.7. The Balaban J connectivity index is 2.86. The van der Waals surface area contributed by atoms with Crippen LogP contribution in [0.4, 0.5) is 0 Å². The Bertz CT molecular complexity index is 527. The number of carbonyl (C=O) groups excluding carboxylic acids is 1. The maximum atomic E-state index is 12.0. The highest BCUT2D eigenvalue weighted by molar-refractivity contribution is 9.11. The minimum atomic E-state index is -0.874. The van der Waals surface area contributed by atoms with Gasteiger partial charge >= 0.3 is 5.97 Å². The first-order valence-corrected chi connectivity index (χ1v) is 7.29. The van der Waals surface area contributed by atoms with E-state index in [4.69, 9.17) is 5.11 Å². The molecule has 0 saturated carbocycles. The highest BCUT2D eigenvalue weighted by Gasteiger charge is 2.16. The highest BCUT2D eigenvalue weighted by Crippen LogP contribution is 2.24. The summed E-state index contributed by atoms with van der Waals surface area (Å²) in [5, 5.41) is 8.58. The zero-order valence-electron chi connectivity index (χ0n) is 11.6. The third-order valence-corrected chi connectivity index (χ3v) is 3.94. The Labute approximate surface area is 127 Å². The molecule has 0 radical (unpaired) electrons. The summed E-state index contributed by atoms with van der Waals surface area (Å²) >= 11 is 3.50. The van der Waals surface area contributed by atoms with Crippen LogP contribution in [0.25, 0.3) is 0 Å². The number of carboxylic acids is 1. The second-order valence-corrected chi connectivity index (χ2v) is 5.34. The molecule has 20 heavy (non-hydrogen) atoms. The molecule has 0 bridgehead atoms. The first-order valence-electron chi connectivity index (χ1n) is 6.50. The summed E-state index contributed by atoms with van der Waals surface area (Å²) in [6.45, 7) is 2.02. The largest absolute Gasteiger partial charge is 0.481 e. The molecule has 0 atom stereocenters. The van der Waals surface area contributed by atoms with Gasteiger partial charge in [0.05, 0.1) is 5.71 Å². The van der Waals surface area contributed by atoms with Gasteiger partial charge in [-0.25, -0.2) is 0 Å².